The van der Waals surface area contributed by atoms with Crippen molar-refractivity contribution in [3.8, 4) is 5.75 Å². The molecule has 0 unspecified atom stereocenters. The lowest BCUT2D eigenvalue weighted by Gasteiger charge is -2.33. The number of benzene rings is 2. The van der Waals surface area contributed by atoms with Gasteiger partial charge in [0.05, 0.1) is 6.04 Å². The first-order valence-electron chi connectivity index (χ1n) is 9.54. The zero-order valence-corrected chi connectivity index (χ0v) is 16.0. The van der Waals surface area contributed by atoms with Crippen molar-refractivity contribution in [2.24, 2.45) is 5.92 Å². The fourth-order valence-electron chi connectivity index (χ4n) is 3.44. The molecule has 0 bridgehead atoms. The molecule has 0 radical (unpaired) electrons. The number of halogens is 1. The van der Waals surface area contributed by atoms with Gasteiger partial charge in [0.1, 0.15) is 11.6 Å². The lowest BCUT2D eigenvalue weighted by atomic mass is 9.99. The Labute approximate surface area is 160 Å². The molecule has 2 aromatic rings. The SMILES string of the molecule is C[C@H]1CCCN(c2ccc([C@@H](C)NC(=O)COc3ccc(F)cc3)cc2)C1. The normalized spacial score (nSPS) is 18.0. The summed E-state index contributed by atoms with van der Waals surface area (Å²) in [6.45, 7) is 6.36. The molecule has 1 heterocycles. The molecule has 1 N–H and O–H groups in total. The van der Waals surface area contributed by atoms with Crippen LogP contribution in [0.1, 0.15) is 38.3 Å². The number of rotatable bonds is 6. The van der Waals surface area contributed by atoms with Crippen LogP contribution in [0.5, 0.6) is 5.75 Å². The Balaban J connectivity index is 1.50. The minimum absolute atomic E-state index is 0.0975. The molecule has 0 aliphatic carbocycles. The summed E-state index contributed by atoms with van der Waals surface area (Å²) in [5.41, 5.74) is 2.29. The first kappa shape index (κ1) is 19.2. The molecule has 5 heteroatoms. The van der Waals surface area contributed by atoms with Crippen LogP contribution < -0.4 is 15.0 Å². The van der Waals surface area contributed by atoms with Crippen molar-refractivity contribution in [2.75, 3.05) is 24.6 Å². The number of carbonyl (C=O) groups excluding carboxylic acids is 1. The fourth-order valence-corrected chi connectivity index (χ4v) is 3.44. The Hall–Kier alpha value is -2.56. The Kier molecular flexibility index (Phi) is 6.32. The number of hydrogen-bond acceptors (Lipinski definition) is 3. The summed E-state index contributed by atoms with van der Waals surface area (Å²) in [5, 5.41) is 2.93. The minimum atomic E-state index is -0.331. The van der Waals surface area contributed by atoms with E-state index in [0.29, 0.717) is 5.75 Å². The van der Waals surface area contributed by atoms with Crippen molar-refractivity contribution in [1.82, 2.24) is 5.32 Å². The Morgan fingerprint density at radius 3 is 2.59 bits per heavy atom. The topological polar surface area (TPSA) is 41.6 Å². The smallest absolute Gasteiger partial charge is 0.258 e. The van der Waals surface area contributed by atoms with Crippen LogP contribution in [-0.2, 0) is 4.79 Å². The van der Waals surface area contributed by atoms with E-state index in [1.807, 2.05) is 6.92 Å². The zero-order chi connectivity index (χ0) is 19.2. The van der Waals surface area contributed by atoms with Gasteiger partial charge in [-0.2, -0.15) is 0 Å². The monoisotopic (exact) mass is 370 g/mol. The molecule has 1 fully saturated rings. The highest BCUT2D eigenvalue weighted by Crippen LogP contribution is 2.24. The second kappa shape index (κ2) is 8.89. The van der Waals surface area contributed by atoms with E-state index >= 15 is 0 Å². The second-order valence-electron chi connectivity index (χ2n) is 7.32. The van der Waals surface area contributed by atoms with Crippen LogP contribution in [0.2, 0.25) is 0 Å². The molecule has 2 atom stereocenters. The standard InChI is InChI=1S/C22H27FN2O2/c1-16-4-3-13-25(14-16)20-9-5-18(6-10-20)17(2)24-22(26)15-27-21-11-7-19(23)8-12-21/h5-12,16-17H,3-4,13-15H2,1-2H3,(H,24,26)/t16-,17+/m0/s1. The first-order valence-corrected chi connectivity index (χ1v) is 9.54. The average Bonchev–Trinajstić information content (AvgIpc) is 2.67. The highest BCUT2D eigenvalue weighted by Gasteiger charge is 2.17. The number of ether oxygens (including phenoxy) is 1. The van der Waals surface area contributed by atoms with Gasteiger partial charge in [0.25, 0.3) is 5.91 Å². The molecule has 3 rings (SSSR count). The molecule has 144 valence electrons. The molecular weight excluding hydrogens is 343 g/mol. The van der Waals surface area contributed by atoms with Crippen molar-refractivity contribution in [3.05, 3.63) is 59.9 Å². The van der Waals surface area contributed by atoms with Crippen LogP contribution in [-0.4, -0.2) is 25.6 Å². The molecule has 0 saturated carbocycles. The number of nitrogens with one attached hydrogen (secondary N) is 1. The Morgan fingerprint density at radius 1 is 1.22 bits per heavy atom. The summed E-state index contributed by atoms with van der Waals surface area (Å²) in [7, 11) is 0. The molecule has 2 aromatic carbocycles. The summed E-state index contributed by atoms with van der Waals surface area (Å²) < 4.78 is 18.3. The first-order chi connectivity index (χ1) is 13.0. The van der Waals surface area contributed by atoms with Gasteiger partial charge in [-0.25, -0.2) is 4.39 Å². The van der Waals surface area contributed by atoms with Crippen LogP contribution in [0.4, 0.5) is 10.1 Å². The molecule has 0 aromatic heterocycles. The Bertz CT molecular complexity index is 746. The molecule has 1 aliphatic heterocycles. The minimum Gasteiger partial charge on any atom is -0.484 e. The highest BCUT2D eigenvalue weighted by atomic mass is 19.1. The van der Waals surface area contributed by atoms with Gasteiger partial charge in [-0.3, -0.25) is 4.79 Å². The Morgan fingerprint density at radius 2 is 1.93 bits per heavy atom. The predicted molar refractivity (Wildman–Crippen MR) is 106 cm³/mol. The van der Waals surface area contributed by atoms with Crippen molar-refractivity contribution in [2.45, 2.75) is 32.7 Å². The van der Waals surface area contributed by atoms with Gasteiger partial charge in [0.2, 0.25) is 0 Å². The van der Waals surface area contributed by atoms with E-state index in [2.05, 4.69) is 41.4 Å². The van der Waals surface area contributed by atoms with Crippen LogP contribution in [0.3, 0.4) is 0 Å². The van der Waals surface area contributed by atoms with Gasteiger partial charge in [-0.05, 0) is 67.6 Å². The highest BCUT2D eigenvalue weighted by molar-refractivity contribution is 5.78. The van der Waals surface area contributed by atoms with Crippen LogP contribution in [0.15, 0.2) is 48.5 Å². The summed E-state index contributed by atoms with van der Waals surface area (Å²) in [5.74, 6) is 0.667. The lowest BCUT2D eigenvalue weighted by molar-refractivity contribution is -0.123. The molecule has 27 heavy (non-hydrogen) atoms. The summed E-state index contributed by atoms with van der Waals surface area (Å²) in [6.07, 6.45) is 2.54. The van der Waals surface area contributed by atoms with E-state index in [1.54, 1.807) is 0 Å². The summed E-state index contributed by atoms with van der Waals surface area (Å²) >= 11 is 0. The third kappa shape index (κ3) is 5.46. The van der Waals surface area contributed by atoms with E-state index in [1.165, 1.54) is 42.8 Å². The van der Waals surface area contributed by atoms with Gasteiger partial charge in [0, 0.05) is 18.8 Å². The van der Waals surface area contributed by atoms with Crippen LogP contribution >= 0.6 is 0 Å². The van der Waals surface area contributed by atoms with Gasteiger partial charge < -0.3 is 15.0 Å². The number of hydrogen-bond donors (Lipinski definition) is 1. The van der Waals surface area contributed by atoms with Gasteiger partial charge in [-0.15, -0.1) is 0 Å². The zero-order valence-electron chi connectivity index (χ0n) is 16.0. The van der Waals surface area contributed by atoms with Crippen molar-refractivity contribution in [1.29, 1.82) is 0 Å². The quantitative estimate of drug-likeness (QED) is 0.823. The van der Waals surface area contributed by atoms with Crippen LogP contribution in [0, 0.1) is 11.7 Å². The van der Waals surface area contributed by atoms with Gasteiger partial charge in [0.15, 0.2) is 6.61 Å². The molecule has 1 aliphatic rings. The maximum atomic E-state index is 12.9. The lowest BCUT2D eigenvalue weighted by Crippen LogP contribution is -2.34. The maximum Gasteiger partial charge on any atom is 0.258 e. The summed E-state index contributed by atoms with van der Waals surface area (Å²) in [6, 6.07) is 13.9. The molecule has 1 amide bonds. The third-order valence-corrected chi connectivity index (χ3v) is 4.98. The maximum absolute atomic E-state index is 12.9. The van der Waals surface area contributed by atoms with E-state index in [0.717, 1.165) is 24.6 Å². The molecule has 0 spiro atoms. The fraction of sp³-hybridized carbons (Fsp3) is 0.409. The van der Waals surface area contributed by atoms with Crippen molar-refractivity contribution < 1.29 is 13.9 Å². The number of nitrogens with zero attached hydrogens (tertiary/aromatic N) is 1. The van der Waals surface area contributed by atoms with Crippen molar-refractivity contribution >= 4 is 11.6 Å². The third-order valence-electron chi connectivity index (χ3n) is 4.98. The number of amides is 1. The second-order valence-corrected chi connectivity index (χ2v) is 7.32. The average molecular weight is 370 g/mol. The van der Waals surface area contributed by atoms with E-state index in [4.69, 9.17) is 4.74 Å². The number of piperidine rings is 1. The van der Waals surface area contributed by atoms with Crippen LogP contribution in [0.25, 0.3) is 0 Å². The summed E-state index contributed by atoms with van der Waals surface area (Å²) in [4.78, 5) is 14.5. The molecule has 1 saturated heterocycles. The number of anilines is 1. The van der Waals surface area contributed by atoms with Crippen molar-refractivity contribution in [3.63, 3.8) is 0 Å². The van der Waals surface area contributed by atoms with E-state index in [9.17, 15) is 9.18 Å². The number of carbonyl (C=O) groups is 1. The van der Waals surface area contributed by atoms with Gasteiger partial charge in [-0.1, -0.05) is 19.1 Å². The van der Waals surface area contributed by atoms with Gasteiger partial charge >= 0.3 is 0 Å². The molecule has 4 nitrogen and oxygen atoms in total. The van der Waals surface area contributed by atoms with E-state index < -0.39 is 0 Å². The largest absolute Gasteiger partial charge is 0.484 e. The predicted octanol–water partition coefficient (Wildman–Crippen LogP) is 4.32. The van der Waals surface area contributed by atoms with E-state index in [-0.39, 0.29) is 24.4 Å². The molecular formula is C22H27FN2O2.